The Morgan fingerprint density at radius 2 is 1.91 bits per heavy atom. The number of nitrogens with zero attached hydrogens (tertiary/aromatic N) is 3. The molecule has 0 aliphatic rings. The maximum absolute atomic E-state index is 11.9. The summed E-state index contributed by atoms with van der Waals surface area (Å²) in [5.74, 6) is -0.333. The zero-order valence-corrected chi connectivity index (χ0v) is 13.8. The number of nitro groups is 1. The number of hydrogen-bond acceptors (Lipinski definition) is 6. The first-order chi connectivity index (χ1) is 10.8. The Kier molecular flexibility index (Phi) is 4.85. The molecule has 0 saturated heterocycles. The van der Waals surface area contributed by atoms with Gasteiger partial charge in [-0.1, -0.05) is 32.1 Å². The van der Waals surface area contributed by atoms with Crippen LogP contribution in [0.1, 0.15) is 31.3 Å². The molecule has 1 N–H and O–H groups in total. The van der Waals surface area contributed by atoms with Gasteiger partial charge in [-0.3, -0.25) is 20.2 Å². The summed E-state index contributed by atoms with van der Waals surface area (Å²) in [5, 5.41) is 22.5. The lowest BCUT2D eigenvalue weighted by atomic mass is 9.98. The Morgan fingerprint density at radius 3 is 2.43 bits per heavy atom. The van der Waals surface area contributed by atoms with Crippen molar-refractivity contribution in [1.82, 2.24) is 10.2 Å². The monoisotopic (exact) mass is 332 g/mol. The summed E-state index contributed by atoms with van der Waals surface area (Å²) in [6, 6.07) is 5.92. The van der Waals surface area contributed by atoms with Gasteiger partial charge in [-0.15, -0.1) is 10.2 Å². The largest absolute Gasteiger partial charge is 0.297 e. The number of amides is 1. The van der Waals surface area contributed by atoms with Crippen molar-refractivity contribution in [2.24, 2.45) is 0 Å². The molecule has 0 unspecified atom stereocenters. The smallest absolute Gasteiger partial charge is 0.269 e. The van der Waals surface area contributed by atoms with Crippen LogP contribution in [-0.4, -0.2) is 21.0 Å². The highest BCUT2D eigenvalue weighted by Gasteiger charge is 2.19. The van der Waals surface area contributed by atoms with Crippen LogP contribution in [0.3, 0.4) is 0 Å². The molecule has 0 spiro atoms. The van der Waals surface area contributed by atoms with Crippen molar-refractivity contribution >= 4 is 34.1 Å². The van der Waals surface area contributed by atoms with Crippen LogP contribution in [0.5, 0.6) is 0 Å². The fraction of sp³-hybridized carbons (Fsp3) is 0.267. The minimum absolute atomic E-state index is 0.00942. The van der Waals surface area contributed by atoms with Gasteiger partial charge < -0.3 is 0 Å². The van der Waals surface area contributed by atoms with E-state index in [1.54, 1.807) is 18.2 Å². The van der Waals surface area contributed by atoms with Crippen molar-refractivity contribution in [3.05, 3.63) is 51.0 Å². The first kappa shape index (κ1) is 16.8. The second-order valence-electron chi connectivity index (χ2n) is 5.83. The lowest BCUT2D eigenvalue weighted by Gasteiger charge is -2.12. The number of carbonyl (C=O) groups excluding carboxylic acids is 1. The molecular weight excluding hydrogens is 316 g/mol. The number of non-ortho nitro benzene ring substituents is 1. The van der Waals surface area contributed by atoms with Crippen LogP contribution in [0.15, 0.2) is 30.3 Å². The van der Waals surface area contributed by atoms with Gasteiger partial charge in [0.2, 0.25) is 11.0 Å². The van der Waals surface area contributed by atoms with Crippen LogP contribution in [0.25, 0.3) is 6.08 Å². The van der Waals surface area contributed by atoms with E-state index >= 15 is 0 Å². The van der Waals surface area contributed by atoms with Gasteiger partial charge in [-0.25, -0.2) is 0 Å². The van der Waals surface area contributed by atoms with Gasteiger partial charge in [-0.05, 0) is 23.8 Å². The van der Waals surface area contributed by atoms with Crippen LogP contribution in [0.2, 0.25) is 0 Å². The Bertz CT molecular complexity index is 745. The van der Waals surface area contributed by atoms with E-state index in [2.05, 4.69) is 15.5 Å². The molecule has 1 aromatic heterocycles. The molecule has 2 rings (SSSR count). The van der Waals surface area contributed by atoms with Gasteiger partial charge >= 0.3 is 0 Å². The molecule has 0 aliphatic carbocycles. The van der Waals surface area contributed by atoms with E-state index in [4.69, 9.17) is 0 Å². The molecule has 1 amide bonds. The number of aromatic nitrogens is 2. The highest BCUT2D eigenvalue weighted by Crippen LogP contribution is 2.27. The lowest BCUT2D eigenvalue weighted by molar-refractivity contribution is -0.384. The molecule has 2 aromatic rings. The summed E-state index contributed by atoms with van der Waals surface area (Å²) in [6.07, 6.45) is 2.92. The zero-order valence-electron chi connectivity index (χ0n) is 12.9. The predicted molar refractivity (Wildman–Crippen MR) is 89.4 cm³/mol. The minimum Gasteiger partial charge on any atom is -0.297 e. The first-order valence-electron chi connectivity index (χ1n) is 6.83. The molecule has 23 heavy (non-hydrogen) atoms. The lowest BCUT2D eigenvalue weighted by Crippen LogP contribution is -2.10. The van der Waals surface area contributed by atoms with E-state index in [9.17, 15) is 14.9 Å². The Morgan fingerprint density at radius 1 is 1.26 bits per heavy atom. The highest BCUT2D eigenvalue weighted by atomic mass is 32.1. The SMILES string of the molecule is CC(C)(C)c1nnc(NC(=O)/C=C/c2ccc([N+](=O)[O-])cc2)s1. The van der Waals surface area contributed by atoms with Crippen molar-refractivity contribution in [3.63, 3.8) is 0 Å². The Hall–Kier alpha value is -2.61. The van der Waals surface area contributed by atoms with Crippen molar-refractivity contribution < 1.29 is 9.72 Å². The summed E-state index contributed by atoms with van der Waals surface area (Å²) < 4.78 is 0. The van der Waals surface area contributed by atoms with Crippen molar-refractivity contribution in [3.8, 4) is 0 Å². The molecule has 0 bridgehead atoms. The summed E-state index contributed by atoms with van der Waals surface area (Å²) >= 11 is 1.33. The molecule has 0 aliphatic heterocycles. The number of benzene rings is 1. The normalized spacial score (nSPS) is 11.6. The van der Waals surface area contributed by atoms with Crippen molar-refractivity contribution in [2.75, 3.05) is 5.32 Å². The Balaban J connectivity index is 1.99. The topological polar surface area (TPSA) is 98.0 Å². The number of anilines is 1. The van der Waals surface area contributed by atoms with Crippen LogP contribution in [0.4, 0.5) is 10.8 Å². The average Bonchev–Trinajstić information content (AvgIpc) is 2.94. The molecule has 0 saturated carbocycles. The third kappa shape index (κ3) is 4.68. The van der Waals surface area contributed by atoms with Crippen LogP contribution >= 0.6 is 11.3 Å². The molecule has 0 radical (unpaired) electrons. The summed E-state index contributed by atoms with van der Waals surface area (Å²) in [4.78, 5) is 21.9. The third-order valence-corrected chi connectivity index (χ3v) is 4.09. The van der Waals surface area contributed by atoms with E-state index in [-0.39, 0.29) is 17.0 Å². The average molecular weight is 332 g/mol. The van der Waals surface area contributed by atoms with E-state index in [0.29, 0.717) is 10.7 Å². The molecule has 1 aromatic carbocycles. The number of nitro benzene ring substituents is 1. The first-order valence-corrected chi connectivity index (χ1v) is 7.65. The predicted octanol–water partition coefficient (Wildman–Crippen LogP) is 3.40. The number of hydrogen-bond donors (Lipinski definition) is 1. The van der Waals surface area contributed by atoms with Gasteiger partial charge in [0.25, 0.3) is 5.69 Å². The van der Waals surface area contributed by atoms with E-state index in [0.717, 1.165) is 5.01 Å². The second-order valence-corrected chi connectivity index (χ2v) is 6.81. The minimum atomic E-state index is -0.470. The highest BCUT2D eigenvalue weighted by molar-refractivity contribution is 7.15. The van der Waals surface area contributed by atoms with E-state index in [1.807, 2.05) is 20.8 Å². The van der Waals surface area contributed by atoms with Gasteiger partial charge in [0.05, 0.1) is 4.92 Å². The van der Waals surface area contributed by atoms with Gasteiger partial charge in [0.1, 0.15) is 5.01 Å². The number of rotatable bonds is 4. The maximum atomic E-state index is 11.9. The van der Waals surface area contributed by atoms with Gasteiger partial charge in [0.15, 0.2) is 0 Å². The fourth-order valence-electron chi connectivity index (χ4n) is 1.60. The standard InChI is InChI=1S/C15H16N4O3S/c1-15(2,3)13-17-18-14(23-13)16-12(20)9-6-10-4-7-11(8-5-10)19(21)22/h4-9H,1-3H3,(H,16,18,20)/b9-6+. The third-order valence-electron chi connectivity index (χ3n) is 2.83. The second kappa shape index (κ2) is 6.66. The summed E-state index contributed by atoms with van der Waals surface area (Å²) in [7, 11) is 0. The quantitative estimate of drug-likeness (QED) is 0.525. The van der Waals surface area contributed by atoms with Crippen LogP contribution in [0, 0.1) is 10.1 Å². The molecule has 1 heterocycles. The molecule has 0 fully saturated rings. The number of nitrogens with one attached hydrogen (secondary N) is 1. The molecular formula is C15H16N4O3S. The van der Waals surface area contributed by atoms with Crippen molar-refractivity contribution in [2.45, 2.75) is 26.2 Å². The molecule has 0 atom stereocenters. The Labute approximate surface area is 137 Å². The zero-order chi connectivity index (χ0) is 17.0. The van der Waals surface area contributed by atoms with E-state index < -0.39 is 4.92 Å². The fourth-order valence-corrected chi connectivity index (χ4v) is 2.41. The summed E-state index contributed by atoms with van der Waals surface area (Å²) in [6.45, 7) is 6.06. The van der Waals surface area contributed by atoms with Crippen LogP contribution < -0.4 is 5.32 Å². The maximum Gasteiger partial charge on any atom is 0.269 e. The molecule has 7 nitrogen and oxygen atoms in total. The van der Waals surface area contributed by atoms with Crippen molar-refractivity contribution in [1.29, 1.82) is 0 Å². The molecule has 8 heteroatoms. The van der Waals surface area contributed by atoms with E-state index in [1.165, 1.54) is 29.5 Å². The van der Waals surface area contributed by atoms with Crippen LogP contribution in [-0.2, 0) is 10.2 Å². The molecule has 120 valence electrons. The van der Waals surface area contributed by atoms with Gasteiger partial charge in [-0.2, -0.15) is 0 Å². The summed E-state index contributed by atoms with van der Waals surface area (Å²) in [5.41, 5.74) is 0.587. The van der Waals surface area contributed by atoms with Gasteiger partial charge in [0, 0.05) is 23.6 Å². The number of carbonyl (C=O) groups is 1.